The third kappa shape index (κ3) is 9.00. The highest BCUT2D eigenvalue weighted by molar-refractivity contribution is 7.51. The zero-order valence-corrected chi connectivity index (χ0v) is 22.6. The van der Waals surface area contributed by atoms with E-state index in [1.165, 1.54) is 11.0 Å². The summed E-state index contributed by atoms with van der Waals surface area (Å²) in [6.45, 7) is 2.10. The van der Waals surface area contributed by atoms with Crippen molar-refractivity contribution in [2.75, 3.05) is 50.8 Å². The van der Waals surface area contributed by atoms with Crippen molar-refractivity contribution in [3.63, 3.8) is 0 Å². The van der Waals surface area contributed by atoms with Gasteiger partial charge in [0.25, 0.3) is 5.91 Å². The van der Waals surface area contributed by atoms with Gasteiger partial charge in [-0.2, -0.15) is 0 Å². The highest BCUT2D eigenvalue weighted by atomic mass is 31.2. The maximum atomic E-state index is 13.3. The number of benzene rings is 1. The number of ether oxygens (including phenoxy) is 1. The summed E-state index contributed by atoms with van der Waals surface area (Å²) in [6, 6.07) is 8.41. The van der Waals surface area contributed by atoms with Crippen molar-refractivity contribution < 1.29 is 43.4 Å². The molecule has 1 aromatic carbocycles. The van der Waals surface area contributed by atoms with Gasteiger partial charge in [0.2, 0.25) is 5.91 Å². The molecule has 3 amide bonds. The number of piperazine rings is 1. The minimum Gasteiger partial charge on any atom is -0.466 e. The normalized spacial score (nSPS) is 14.3. The molecular formula is C24H31N6O9P. The molecular weight excluding hydrogens is 547 g/mol. The largest absolute Gasteiger partial charge is 0.466 e. The van der Waals surface area contributed by atoms with Gasteiger partial charge in [-0.15, -0.1) is 0 Å². The molecule has 2 aromatic rings. The first-order valence-corrected chi connectivity index (χ1v) is 14.2. The average molecular weight is 579 g/mol. The topological polar surface area (TPSA) is 212 Å². The average Bonchev–Trinajstić information content (AvgIpc) is 2.92. The van der Waals surface area contributed by atoms with Crippen molar-refractivity contribution in [3.05, 3.63) is 42.1 Å². The van der Waals surface area contributed by atoms with Crippen LogP contribution in [0.2, 0.25) is 0 Å². The number of anilines is 1. The summed E-state index contributed by atoms with van der Waals surface area (Å²) in [7, 11) is -4.76. The van der Waals surface area contributed by atoms with Gasteiger partial charge in [-0.3, -0.25) is 18.9 Å². The lowest BCUT2D eigenvalue weighted by Gasteiger charge is -2.35. The molecule has 2 heterocycles. The van der Waals surface area contributed by atoms with Crippen molar-refractivity contribution in [3.8, 4) is 11.4 Å². The van der Waals surface area contributed by atoms with E-state index in [9.17, 15) is 33.5 Å². The molecule has 1 aromatic heterocycles. The Morgan fingerprint density at radius 1 is 1.05 bits per heavy atom. The van der Waals surface area contributed by atoms with Crippen LogP contribution in [-0.4, -0.2) is 110 Å². The first-order chi connectivity index (χ1) is 19.0. The van der Waals surface area contributed by atoms with E-state index in [0.717, 1.165) is 4.90 Å². The Kier molecular flexibility index (Phi) is 10.5. The number of amides is 3. The zero-order chi connectivity index (χ0) is 29.3. The number of nitrogens with zero attached hydrogens (tertiary/aromatic N) is 4. The minimum absolute atomic E-state index is 0.00113. The third-order valence-electron chi connectivity index (χ3n) is 5.82. The van der Waals surface area contributed by atoms with Gasteiger partial charge < -0.3 is 40.1 Å². The number of carboxylic acid groups (broad SMARTS) is 1. The maximum absolute atomic E-state index is 13.3. The van der Waals surface area contributed by atoms with Crippen LogP contribution in [0.25, 0.3) is 11.4 Å². The van der Waals surface area contributed by atoms with Crippen molar-refractivity contribution in [1.29, 1.82) is 0 Å². The lowest BCUT2D eigenvalue weighted by Crippen LogP contribution is -2.56. The molecule has 1 aliphatic rings. The summed E-state index contributed by atoms with van der Waals surface area (Å²) in [5, 5.41) is 14.4. The molecule has 0 unspecified atom stereocenters. The van der Waals surface area contributed by atoms with E-state index in [1.807, 2.05) is 0 Å². The Balaban J connectivity index is 1.83. The first-order valence-electron chi connectivity index (χ1n) is 12.4. The number of hydrogen-bond donors (Lipinski definition) is 5. The minimum atomic E-state index is -4.76. The van der Waals surface area contributed by atoms with Gasteiger partial charge in [0, 0.05) is 44.4 Å². The summed E-state index contributed by atoms with van der Waals surface area (Å²) in [5.41, 5.74) is 0.386. The second kappa shape index (κ2) is 13.8. The molecule has 1 saturated heterocycles. The number of nitrogens with one attached hydrogen (secondary N) is 2. The van der Waals surface area contributed by atoms with E-state index in [4.69, 9.17) is 9.84 Å². The molecule has 0 aliphatic carbocycles. The van der Waals surface area contributed by atoms with E-state index in [1.54, 1.807) is 37.3 Å². The number of rotatable bonds is 11. The predicted octanol–water partition coefficient (Wildman–Crippen LogP) is 0.607. The van der Waals surface area contributed by atoms with Crippen LogP contribution in [0, 0.1) is 0 Å². The van der Waals surface area contributed by atoms with Crippen LogP contribution in [-0.2, 0) is 18.9 Å². The molecule has 1 aliphatic heterocycles. The standard InChI is InChI=1S/C24H31N6O9P/c1-2-39-20(31)8-9-25-19-14-17(26-21(28-19)16-6-4-3-5-7-16)22(32)27-18(15-40(36,37)38)23(33)29-10-12-30(13-11-29)24(34)35/h3-7,14,18H,2,8-13,15H2,1H3,(H,27,32)(H,34,35)(H,25,26,28)(H2,36,37,38)/t18-/m0/s1. The lowest BCUT2D eigenvalue weighted by atomic mass is 10.2. The predicted molar refractivity (Wildman–Crippen MR) is 142 cm³/mol. The fraction of sp³-hybridized carbons (Fsp3) is 0.417. The fourth-order valence-electron chi connectivity index (χ4n) is 3.89. The highest BCUT2D eigenvalue weighted by Gasteiger charge is 2.34. The summed E-state index contributed by atoms with van der Waals surface area (Å²) < 4.78 is 16.7. The molecule has 0 radical (unpaired) electrons. The van der Waals surface area contributed by atoms with E-state index >= 15 is 0 Å². The molecule has 16 heteroatoms. The van der Waals surface area contributed by atoms with Gasteiger partial charge in [0.05, 0.1) is 19.2 Å². The Bertz CT molecular complexity index is 1260. The highest BCUT2D eigenvalue weighted by Crippen LogP contribution is 2.35. The van der Waals surface area contributed by atoms with Crippen molar-refractivity contribution in [1.82, 2.24) is 25.1 Å². The van der Waals surface area contributed by atoms with Crippen molar-refractivity contribution in [2.24, 2.45) is 0 Å². The molecule has 216 valence electrons. The lowest BCUT2D eigenvalue weighted by molar-refractivity contribution is -0.142. The third-order valence-corrected chi connectivity index (χ3v) is 6.66. The SMILES string of the molecule is CCOC(=O)CCNc1cc(C(=O)N[C@@H](CP(=O)(O)O)C(=O)N2CCN(C(=O)O)CC2)nc(-c2ccccc2)n1. The Morgan fingerprint density at radius 3 is 2.30 bits per heavy atom. The summed E-state index contributed by atoms with van der Waals surface area (Å²) in [4.78, 5) is 79.5. The van der Waals surface area contributed by atoms with Gasteiger partial charge in [0.15, 0.2) is 5.82 Å². The van der Waals surface area contributed by atoms with Gasteiger partial charge in [0.1, 0.15) is 17.6 Å². The summed E-state index contributed by atoms with van der Waals surface area (Å²) >= 11 is 0. The quantitative estimate of drug-likeness (QED) is 0.183. The summed E-state index contributed by atoms with van der Waals surface area (Å²) in [6.07, 6.45) is -2.07. The Hall–Kier alpha value is -4.07. The molecule has 0 bridgehead atoms. The fourth-order valence-corrected chi connectivity index (χ4v) is 4.61. The Labute approximate surface area is 229 Å². The van der Waals surface area contributed by atoms with Crippen LogP contribution < -0.4 is 10.6 Å². The number of carbonyl (C=O) groups excluding carboxylic acids is 3. The van der Waals surface area contributed by atoms with E-state index in [2.05, 4.69) is 20.6 Å². The molecule has 0 saturated carbocycles. The van der Waals surface area contributed by atoms with E-state index in [-0.39, 0.29) is 63.1 Å². The van der Waals surface area contributed by atoms with Gasteiger partial charge in [-0.05, 0) is 6.92 Å². The number of carbonyl (C=O) groups is 4. The monoisotopic (exact) mass is 578 g/mol. The van der Waals surface area contributed by atoms with Gasteiger partial charge in [-0.1, -0.05) is 30.3 Å². The van der Waals surface area contributed by atoms with Crippen LogP contribution in [0.4, 0.5) is 10.6 Å². The molecule has 3 rings (SSSR count). The summed E-state index contributed by atoms with van der Waals surface area (Å²) in [5.74, 6) is -1.70. The van der Waals surface area contributed by atoms with Crippen LogP contribution >= 0.6 is 7.60 Å². The van der Waals surface area contributed by atoms with Crippen LogP contribution in [0.3, 0.4) is 0 Å². The zero-order valence-electron chi connectivity index (χ0n) is 21.7. The second-order valence-electron chi connectivity index (χ2n) is 8.78. The molecule has 15 nitrogen and oxygen atoms in total. The van der Waals surface area contributed by atoms with Crippen LogP contribution in [0.15, 0.2) is 36.4 Å². The molecule has 5 N–H and O–H groups in total. The smallest absolute Gasteiger partial charge is 0.407 e. The second-order valence-corrected chi connectivity index (χ2v) is 10.5. The van der Waals surface area contributed by atoms with Crippen molar-refractivity contribution in [2.45, 2.75) is 19.4 Å². The number of hydrogen-bond acceptors (Lipinski definition) is 9. The van der Waals surface area contributed by atoms with E-state index < -0.39 is 43.7 Å². The molecule has 1 fully saturated rings. The molecule has 1 atom stereocenters. The Morgan fingerprint density at radius 2 is 1.70 bits per heavy atom. The number of esters is 1. The van der Waals surface area contributed by atoms with E-state index in [0.29, 0.717) is 5.56 Å². The maximum Gasteiger partial charge on any atom is 0.407 e. The first kappa shape index (κ1) is 30.5. The molecule has 0 spiro atoms. The van der Waals surface area contributed by atoms with Crippen LogP contribution in [0.5, 0.6) is 0 Å². The van der Waals surface area contributed by atoms with Gasteiger partial charge in [-0.25, -0.2) is 14.8 Å². The number of aromatic nitrogens is 2. The van der Waals surface area contributed by atoms with Crippen molar-refractivity contribution >= 4 is 37.3 Å². The van der Waals surface area contributed by atoms with Gasteiger partial charge >= 0.3 is 19.7 Å². The molecule has 40 heavy (non-hydrogen) atoms. The van der Waals surface area contributed by atoms with Crippen LogP contribution in [0.1, 0.15) is 23.8 Å².